The minimum absolute atomic E-state index is 0.0578. The first-order valence-corrected chi connectivity index (χ1v) is 7.95. The van der Waals surface area contributed by atoms with Crippen LogP contribution < -0.4 is 15.2 Å². The van der Waals surface area contributed by atoms with Crippen LogP contribution in [0.4, 0.5) is 10.5 Å². The summed E-state index contributed by atoms with van der Waals surface area (Å²) in [6.07, 6.45) is 0.493. The van der Waals surface area contributed by atoms with E-state index >= 15 is 0 Å². The molecule has 0 fully saturated rings. The fourth-order valence-corrected chi connectivity index (χ4v) is 2.22. The van der Waals surface area contributed by atoms with Crippen molar-refractivity contribution in [2.24, 2.45) is 10.9 Å². The molecule has 2 N–H and O–H groups in total. The first-order valence-electron chi connectivity index (χ1n) is 7.95. The number of amidine groups is 1. The van der Waals surface area contributed by atoms with Crippen LogP contribution in [-0.4, -0.2) is 28.5 Å². The van der Waals surface area contributed by atoms with E-state index in [1.54, 1.807) is 12.3 Å². The van der Waals surface area contributed by atoms with E-state index in [0.717, 1.165) is 5.39 Å². The lowest BCUT2D eigenvalue weighted by molar-refractivity contribution is -0.384. The Morgan fingerprint density at radius 1 is 1.14 bits per heavy atom. The highest BCUT2D eigenvalue weighted by atomic mass is 16.8. The Morgan fingerprint density at radius 3 is 2.64 bits per heavy atom. The molecule has 2 aromatic carbocycles. The molecule has 0 unspecified atom stereocenters. The fourth-order valence-electron chi connectivity index (χ4n) is 2.22. The third kappa shape index (κ3) is 4.69. The monoisotopic (exact) mass is 382 g/mol. The quantitative estimate of drug-likeness (QED) is 0.130. The largest absolute Gasteiger partial charge is 0.540 e. The minimum atomic E-state index is -1.15. The Hall–Kier alpha value is -4.21. The number of nitrogens with zero attached hydrogens (tertiary/aromatic N) is 3. The number of ether oxygens (including phenoxy) is 2. The van der Waals surface area contributed by atoms with Crippen LogP contribution in [0.15, 0.2) is 65.9 Å². The lowest BCUT2D eigenvalue weighted by atomic mass is 10.2. The SMILES string of the molecule is NC(COc1cccc2cccnc12)=NOC(=O)Oc1ccc([N+](=O)[O-])cc1. The first kappa shape index (κ1) is 18.6. The van der Waals surface area contributed by atoms with E-state index in [9.17, 15) is 14.9 Å². The molecule has 10 nitrogen and oxygen atoms in total. The number of aromatic nitrogens is 1. The van der Waals surface area contributed by atoms with E-state index in [1.807, 2.05) is 24.3 Å². The number of benzene rings is 2. The number of rotatable bonds is 6. The Kier molecular flexibility index (Phi) is 5.60. The van der Waals surface area contributed by atoms with Gasteiger partial charge in [0.25, 0.3) is 5.69 Å². The summed E-state index contributed by atoms with van der Waals surface area (Å²) in [5, 5.41) is 14.9. The Morgan fingerprint density at radius 2 is 1.89 bits per heavy atom. The second-order valence-corrected chi connectivity index (χ2v) is 5.40. The number of hydrogen-bond donors (Lipinski definition) is 1. The van der Waals surface area contributed by atoms with Crippen LogP contribution in [0.1, 0.15) is 0 Å². The lowest BCUT2D eigenvalue weighted by Crippen LogP contribution is -2.22. The molecule has 0 bridgehead atoms. The summed E-state index contributed by atoms with van der Waals surface area (Å²) in [6.45, 7) is -0.138. The Bertz CT molecular complexity index is 1030. The number of pyridine rings is 1. The number of carbonyl (C=O) groups excluding carboxylic acids is 1. The molecule has 28 heavy (non-hydrogen) atoms. The van der Waals surface area contributed by atoms with E-state index in [0.29, 0.717) is 11.3 Å². The van der Waals surface area contributed by atoms with Gasteiger partial charge in [0.15, 0.2) is 5.84 Å². The van der Waals surface area contributed by atoms with Crippen molar-refractivity contribution in [1.82, 2.24) is 4.98 Å². The lowest BCUT2D eigenvalue weighted by Gasteiger charge is -2.08. The van der Waals surface area contributed by atoms with Crippen LogP contribution in [-0.2, 0) is 4.84 Å². The average molecular weight is 382 g/mol. The van der Waals surface area contributed by atoms with Crippen molar-refractivity contribution >= 4 is 28.6 Å². The van der Waals surface area contributed by atoms with Gasteiger partial charge in [-0.2, -0.15) is 0 Å². The van der Waals surface area contributed by atoms with Crippen LogP contribution in [0.5, 0.6) is 11.5 Å². The van der Waals surface area contributed by atoms with Gasteiger partial charge in [-0.15, -0.1) is 0 Å². The highest BCUT2D eigenvalue weighted by Crippen LogP contribution is 2.22. The van der Waals surface area contributed by atoms with Crippen molar-refractivity contribution in [2.45, 2.75) is 0 Å². The van der Waals surface area contributed by atoms with Crippen molar-refractivity contribution in [3.63, 3.8) is 0 Å². The zero-order chi connectivity index (χ0) is 19.9. The van der Waals surface area contributed by atoms with Gasteiger partial charge in [0.1, 0.15) is 23.6 Å². The number of nitro benzene ring substituents is 1. The average Bonchev–Trinajstić information content (AvgIpc) is 2.71. The maximum absolute atomic E-state index is 11.6. The molecule has 142 valence electrons. The predicted molar refractivity (Wildman–Crippen MR) is 99.1 cm³/mol. The number of para-hydroxylation sites is 1. The molecule has 0 aliphatic heterocycles. The Labute approximate surface area is 158 Å². The molecule has 0 aliphatic carbocycles. The molecular formula is C18H14N4O6. The molecule has 0 atom stereocenters. The first-order chi connectivity index (χ1) is 13.5. The second kappa shape index (κ2) is 8.45. The van der Waals surface area contributed by atoms with Crippen molar-refractivity contribution in [2.75, 3.05) is 6.61 Å². The van der Waals surface area contributed by atoms with Gasteiger partial charge >= 0.3 is 6.16 Å². The van der Waals surface area contributed by atoms with Gasteiger partial charge in [0.05, 0.1) is 4.92 Å². The van der Waals surface area contributed by atoms with Crippen molar-refractivity contribution in [1.29, 1.82) is 0 Å². The third-order valence-corrected chi connectivity index (χ3v) is 3.46. The molecule has 0 saturated heterocycles. The molecule has 10 heteroatoms. The summed E-state index contributed by atoms with van der Waals surface area (Å²) in [7, 11) is 0. The van der Waals surface area contributed by atoms with Gasteiger partial charge in [0, 0.05) is 23.7 Å². The zero-order valence-electron chi connectivity index (χ0n) is 14.3. The molecule has 1 aromatic heterocycles. The number of non-ortho nitro benzene ring substituents is 1. The summed E-state index contributed by atoms with van der Waals surface area (Å²) in [5.74, 6) is 0.459. The molecule has 0 aliphatic rings. The molecular weight excluding hydrogens is 368 g/mol. The maximum atomic E-state index is 11.6. The number of nitro groups is 1. The van der Waals surface area contributed by atoms with Gasteiger partial charge in [-0.1, -0.05) is 23.4 Å². The summed E-state index contributed by atoms with van der Waals surface area (Å²) in [4.78, 5) is 30.4. The van der Waals surface area contributed by atoms with E-state index in [2.05, 4.69) is 15.0 Å². The minimum Gasteiger partial charge on any atom is -0.483 e. The zero-order valence-corrected chi connectivity index (χ0v) is 14.3. The fraction of sp³-hybridized carbons (Fsp3) is 0.0556. The van der Waals surface area contributed by atoms with Gasteiger partial charge < -0.3 is 15.2 Å². The molecule has 0 amide bonds. The normalized spacial score (nSPS) is 11.1. The highest BCUT2D eigenvalue weighted by Gasteiger charge is 2.10. The molecule has 0 saturated carbocycles. The number of nitrogens with two attached hydrogens (primary N) is 1. The van der Waals surface area contributed by atoms with E-state index in [4.69, 9.17) is 15.2 Å². The van der Waals surface area contributed by atoms with Crippen molar-refractivity contribution in [3.8, 4) is 11.5 Å². The molecule has 0 radical (unpaired) electrons. The number of fused-ring (bicyclic) bond motifs is 1. The number of carbonyl (C=O) groups is 1. The van der Waals surface area contributed by atoms with Crippen LogP contribution in [0.2, 0.25) is 0 Å². The van der Waals surface area contributed by atoms with Gasteiger partial charge in [-0.05, 0) is 24.3 Å². The topological polar surface area (TPSA) is 139 Å². The highest BCUT2D eigenvalue weighted by molar-refractivity contribution is 5.85. The van der Waals surface area contributed by atoms with Crippen molar-refractivity contribution < 1.29 is 24.0 Å². The summed E-state index contributed by atoms with van der Waals surface area (Å²) < 4.78 is 10.4. The third-order valence-electron chi connectivity index (χ3n) is 3.46. The smallest absolute Gasteiger partial charge is 0.483 e. The van der Waals surface area contributed by atoms with Gasteiger partial charge in [-0.25, -0.2) is 4.79 Å². The van der Waals surface area contributed by atoms with Crippen LogP contribution >= 0.6 is 0 Å². The van der Waals surface area contributed by atoms with Gasteiger partial charge in [0.2, 0.25) is 0 Å². The van der Waals surface area contributed by atoms with Crippen molar-refractivity contribution in [3.05, 3.63) is 70.9 Å². The molecule has 3 aromatic rings. The van der Waals surface area contributed by atoms with Crippen LogP contribution in [0, 0.1) is 10.1 Å². The van der Waals surface area contributed by atoms with Gasteiger partial charge in [-0.3, -0.25) is 19.9 Å². The molecule has 0 spiro atoms. The van der Waals surface area contributed by atoms with E-state index in [1.165, 1.54) is 24.3 Å². The Balaban J connectivity index is 1.53. The molecule has 1 heterocycles. The van der Waals surface area contributed by atoms with Crippen LogP contribution in [0.3, 0.4) is 0 Å². The standard InChI is InChI=1S/C18H14N4O6/c19-16(11-26-15-5-1-3-12-4-2-10-20-17(12)15)21-28-18(23)27-14-8-6-13(7-9-14)22(24)25/h1-10H,11H2,(H2,19,21). The predicted octanol–water partition coefficient (Wildman–Crippen LogP) is 3.01. The number of hydrogen-bond acceptors (Lipinski definition) is 8. The maximum Gasteiger partial charge on any atom is 0.540 e. The van der Waals surface area contributed by atoms with E-state index < -0.39 is 11.1 Å². The van der Waals surface area contributed by atoms with E-state index in [-0.39, 0.29) is 23.9 Å². The summed E-state index contributed by atoms with van der Waals surface area (Å²) >= 11 is 0. The second-order valence-electron chi connectivity index (χ2n) is 5.40. The summed E-state index contributed by atoms with van der Waals surface area (Å²) in [6, 6.07) is 14.0. The summed E-state index contributed by atoms with van der Waals surface area (Å²) in [5.41, 5.74) is 6.18. The molecule has 3 rings (SSSR count). The number of oxime groups is 1. The van der Waals surface area contributed by atoms with Crippen LogP contribution in [0.25, 0.3) is 10.9 Å².